The lowest BCUT2D eigenvalue weighted by atomic mass is 9.99. The monoisotopic (exact) mass is 299 g/mol. The van der Waals surface area contributed by atoms with Crippen molar-refractivity contribution < 1.29 is 19.3 Å². The van der Waals surface area contributed by atoms with Crippen LogP contribution >= 0.6 is 0 Å². The molecule has 0 aromatic carbocycles. The maximum absolute atomic E-state index is 14.3. The molecule has 4 atom stereocenters. The molecule has 2 aromatic rings. The van der Waals surface area contributed by atoms with Gasteiger partial charge < -0.3 is 20.7 Å². The minimum atomic E-state index is -1.82. The van der Waals surface area contributed by atoms with Gasteiger partial charge in [0.05, 0.1) is 12.9 Å². The fraction of sp³-hybridized carbons (Fsp3) is 0.545. The number of halogens is 1. The number of aromatic amines is 1. The molecular weight excluding hydrogens is 285 g/mol. The highest BCUT2D eigenvalue weighted by Gasteiger charge is 2.53. The summed E-state index contributed by atoms with van der Waals surface area (Å²) in [7, 11) is 0. The molecule has 1 aliphatic rings. The van der Waals surface area contributed by atoms with E-state index in [1.165, 1.54) is 17.8 Å². The molecule has 0 bridgehead atoms. The number of alkyl halides is 1. The Bertz CT molecular complexity index is 746. The summed E-state index contributed by atoms with van der Waals surface area (Å²) in [6.07, 6.45) is -3.39. The number of rotatable bonds is 2. The van der Waals surface area contributed by atoms with Crippen LogP contribution in [0.3, 0.4) is 0 Å². The van der Waals surface area contributed by atoms with Crippen LogP contribution in [0.2, 0.25) is 0 Å². The van der Waals surface area contributed by atoms with Gasteiger partial charge in [-0.3, -0.25) is 9.55 Å². The maximum Gasteiger partial charge on any atom is 0.348 e. The third-order valence-corrected chi connectivity index (χ3v) is 3.65. The molecule has 4 unspecified atom stereocenters. The van der Waals surface area contributed by atoms with Crippen LogP contribution in [-0.2, 0) is 4.74 Å². The number of hydrogen-bond acceptors (Lipinski definition) is 7. The van der Waals surface area contributed by atoms with Gasteiger partial charge in [-0.15, -0.1) is 0 Å². The van der Waals surface area contributed by atoms with Crippen molar-refractivity contribution in [2.75, 3.05) is 12.3 Å². The van der Waals surface area contributed by atoms with Gasteiger partial charge in [-0.05, 0) is 6.92 Å². The number of anilines is 1. The van der Waals surface area contributed by atoms with Crippen molar-refractivity contribution in [3.63, 3.8) is 0 Å². The maximum atomic E-state index is 14.3. The van der Waals surface area contributed by atoms with Crippen LogP contribution in [0, 0.1) is 0 Å². The van der Waals surface area contributed by atoms with Crippen LogP contribution in [0.4, 0.5) is 10.2 Å². The lowest BCUT2D eigenvalue weighted by Crippen LogP contribution is -2.42. The second-order valence-electron chi connectivity index (χ2n) is 5.15. The van der Waals surface area contributed by atoms with Crippen LogP contribution < -0.4 is 11.4 Å². The lowest BCUT2D eigenvalue weighted by Gasteiger charge is -2.24. The number of ether oxygens (including phenoxy) is 1. The van der Waals surface area contributed by atoms with Gasteiger partial charge in [0.15, 0.2) is 18.0 Å². The summed E-state index contributed by atoms with van der Waals surface area (Å²) < 4.78 is 20.9. The summed E-state index contributed by atoms with van der Waals surface area (Å²) in [4.78, 5) is 21.3. The molecule has 0 spiro atoms. The van der Waals surface area contributed by atoms with Crippen molar-refractivity contribution in [1.29, 1.82) is 0 Å². The van der Waals surface area contributed by atoms with Crippen LogP contribution in [0.5, 0.6) is 0 Å². The first-order valence-corrected chi connectivity index (χ1v) is 6.20. The summed E-state index contributed by atoms with van der Waals surface area (Å²) in [5.74, 6) is 0.00243. The predicted octanol–water partition coefficient (Wildman–Crippen LogP) is -1.32. The number of aliphatic hydroxyl groups is 2. The topological polar surface area (TPSA) is 139 Å². The highest BCUT2D eigenvalue weighted by Crippen LogP contribution is 2.39. The molecule has 10 heteroatoms. The molecule has 3 rings (SSSR count). The van der Waals surface area contributed by atoms with E-state index in [0.29, 0.717) is 0 Å². The standard InChI is InChI=1S/C11H14FN5O4/c1-11(2-18)6(19)4(12)9(21-11)17-3-14-5-7(13)15-10(20)16-8(5)17/h3-4,6,9,18-19H,2H2,1H3,(H3,13,15,16,20). The van der Waals surface area contributed by atoms with Gasteiger partial charge >= 0.3 is 5.69 Å². The Hall–Kier alpha value is -2.04. The van der Waals surface area contributed by atoms with Gasteiger partial charge in [0.25, 0.3) is 0 Å². The van der Waals surface area contributed by atoms with Gasteiger partial charge in [0, 0.05) is 0 Å². The zero-order valence-electron chi connectivity index (χ0n) is 11.0. The van der Waals surface area contributed by atoms with Crippen LogP contribution in [0.25, 0.3) is 11.2 Å². The van der Waals surface area contributed by atoms with Crippen molar-refractivity contribution in [3.8, 4) is 0 Å². The lowest BCUT2D eigenvalue weighted by molar-refractivity contribution is -0.115. The third kappa shape index (κ3) is 1.91. The number of nitrogen functional groups attached to an aromatic ring is 1. The molecule has 9 nitrogen and oxygen atoms in total. The van der Waals surface area contributed by atoms with E-state index in [0.717, 1.165) is 0 Å². The quantitative estimate of drug-likeness (QED) is 0.539. The van der Waals surface area contributed by atoms with E-state index < -0.39 is 36.4 Å². The van der Waals surface area contributed by atoms with Gasteiger partial charge in [-0.2, -0.15) is 4.98 Å². The zero-order chi connectivity index (χ0) is 15.4. The molecule has 0 radical (unpaired) electrons. The van der Waals surface area contributed by atoms with Crippen LogP contribution in [0.15, 0.2) is 11.1 Å². The van der Waals surface area contributed by atoms with Crippen molar-refractivity contribution in [2.24, 2.45) is 0 Å². The van der Waals surface area contributed by atoms with Gasteiger partial charge in [-0.25, -0.2) is 14.2 Å². The smallest absolute Gasteiger partial charge is 0.348 e. The molecule has 114 valence electrons. The largest absolute Gasteiger partial charge is 0.393 e. The molecular formula is C11H14FN5O4. The number of nitrogens with one attached hydrogen (secondary N) is 1. The highest BCUT2D eigenvalue weighted by molar-refractivity contribution is 5.81. The SMILES string of the molecule is CC1(CO)OC(n2cnc3c(N)[nH]c(=O)nc32)C(F)C1O. The van der Waals surface area contributed by atoms with Crippen molar-refractivity contribution >= 4 is 17.0 Å². The Kier molecular flexibility index (Phi) is 2.97. The number of hydrogen-bond donors (Lipinski definition) is 4. The van der Waals surface area contributed by atoms with Gasteiger partial charge in [0.1, 0.15) is 23.0 Å². The number of H-pyrrole nitrogens is 1. The number of fused-ring (bicyclic) bond motifs is 1. The van der Waals surface area contributed by atoms with E-state index in [2.05, 4.69) is 15.0 Å². The molecule has 1 saturated heterocycles. The Labute approximate surface area is 117 Å². The summed E-state index contributed by atoms with van der Waals surface area (Å²) >= 11 is 0. The minimum Gasteiger partial charge on any atom is -0.393 e. The first-order valence-electron chi connectivity index (χ1n) is 6.20. The number of nitrogens with two attached hydrogens (primary N) is 1. The Morgan fingerprint density at radius 3 is 3.00 bits per heavy atom. The Morgan fingerprint density at radius 1 is 1.67 bits per heavy atom. The molecule has 3 heterocycles. The second kappa shape index (κ2) is 4.48. The first kappa shape index (κ1) is 13.9. The normalized spacial score (nSPS) is 32.9. The molecule has 21 heavy (non-hydrogen) atoms. The molecule has 1 fully saturated rings. The minimum absolute atomic E-state index is 0.00243. The molecule has 2 aromatic heterocycles. The van der Waals surface area contributed by atoms with E-state index in [1.54, 1.807) is 0 Å². The molecule has 0 saturated carbocycles. The average Bonchev–Trinajstić information content (AvgIpc) is 2.95. The summed E-state index contributed by atoms with van der Waals surface area (Å²) in [5.41, 5.74) is 3.69. The fourth-order valence-electron chi connectivity index (χ4n) is 2.38. The summed E-state index contributed by atoms with van der Waals surface area (Å²) in [6.45, 7) is 0.825. The number of imidazole rings is 1. The Balaban J connectivity index is 2.12. The summed E-state index contributed by atoms with van der Waals surface area (Å²) in [6, 6.07) is 0. The van der Waals surface area contributed by atoms with Crippen LogP contribution in [-0.4, -0.2) is 54.2 Å². The van der Waals surface area contributed by atoms with E-state index in [4.69, 9.17) is 10.5 Å². The third-order valence-electron chi connectivity index (χ3n) is 3.65. The molecule has 5 N–H and O–H groups in total. The van der Waals surface area contributed by atoms with Gasteiger partial charge in [0.2, 0.25) is 0 Å². The predicted molar refractivity (Wildman–Crippen MR) is 69.1 cm³/mol. The number of aliphatic hydroxyl groups excluding tert-OH is 2. The number of nitrogens with zero attached hydrogens (tertiary/aromatic N) is 3. The zero-order valence-corrected chi connectivity index (χ0v) is 11.0. The van der Waals surface area contributed by atoms with E-state index >= 15 is 0 Å². The van der Waals surface area contributed by atoms with E-state index in [9.17, 15) is 19.4 Å². The van der Waals surface area contributed by atoms with Crippen molar-refractivity contribution in [3.05, 3.63) is 16.8 Å². The highest BCUT2D eigenvalue weighted by atomic mass is 19.1. The summed E-state index contributed by atoms with van der Waals surface area (Å²) in [5, 5.41) is 19.1. The van der Waals surface area contributed by atoms with Crippen LogP contribution in [0.1, 0.15) is 13.2 Å². The molecule has 0 amide bonds. The second-order valence-corrected chi connectivity index (χ2v) is 5.15. The molecule has 1 aliphatic heterocycles. The van der Waals surface area contributed by atoms with Crippen molar-refractivity contribution in [1.82, 2.24) is 19.5 Å². The first-order chi connectivity index (χ1) is 9.87. The Morgan fingerprint density at radius 2 is 2.38 bits per heavy atom. The van der Waals surface area contributed by atoms with Gasteiger partial charge in [-0.1, -0.05) is 0 Å². The van der Waals surface area contributed by atoms with E-state index in [-0.39, 0.29) is 17.0 Å². The molecule has 0 aliphatic carbocycles. The van der Waals surface area contributed by atoms with E-state index in [1.807, 2.05) is 0 Å². The average molecular weight is 299 g/mol. The van der Waals surface area contributed by atoms with Crippen molar-refractivity contribution in [2.45, 2.75) is 31.0 Å². The number of aromatic nitrogens is 4. The fourth-order valence-corrected chi connectivity index (χ4v) is 2.38.